The van der Waals surface area contributed by atoms with Gasteiger partial charge in [0.15, 0.2) is 0 Å². The molecule has 24 heavy (non-hydrogen) atoms. The average molecular weight is 389 g/mol. The normalized spacial score (nSPS) is 23.1. The Kier molecular flexibility index (Phi) is 4.31. The minimum atomic E-state index is 0.0633. The molecule has 4 rings (SSSR count). The van der Waals surface area contributed by atoms with Crippen LogP contribution in [0.4, 0.5) is 4.79 Å². The lowest BCUT2D eigenvalue weighted by atomic mass is 9.94. The van der Waals surface area contributed by atoms with Crippen molar-refractivity contribution in [2.75, 3.05) is 6.54 Å². The molecule has 6 heteroatoms. The minimum absolute atomic E-state index is 0.0633. The van der Waals surface area contributed by atoms with Crippen molar-refractivity contribution < 1.29 is 4.79 Å². The first kappa shape index (κ1) is 15.7. The van der Waals surface area contributed by atoms with Crippen LogP contribution in [0.1, 0.15) is 42.1 Å². The number of fused-ring (bicyclic) bond motifs is 1. The lowest BCUT2D eigenvalue weighted by Crippen LogP contribution is -2.46. The summed E-state index contributed by atoms with van der Waals surface area (Å²) in [7, 11) is 0. The zero-order valence-corrected chi connectivity index (χ0v) is 15.1. The SMILES string of the molecule is O=C(NC1CCc2cn[nH]c2C1)N1CCCC1c1ccc(Br)cc1. The van der Waals surface area contributed by atoms with Gasteiger partial charge in [-0.25, -0.2) is 4.79 Å². The number of aryl methyl sites for hydroxylation is 1. The number of H-pyrrole nitrogens is 1. The molecule has 1 aromatic heterocycles. The Hall–Kier alpha value is -1.82. The number of nitrogens with one attached hydrogen (secondary N) is 2. The standard InChI is InChI=1S/C18H21BrN4O/c19-14-6-3-12(4-7-14)17-2-1-9-23(17)18(24)21-15-8-5-13-11-20-22-16(13)10-15/h3-4,6-7,11,15,17H,1-2,5,8-10H2,(H,20,22)(H,21,24). The molecule has 2 N–H and O–H groups in total. The van der Waals surface area contributed by atoms with E-state index in [-0.39, 0.29) is 18.1 Å². The fraction of sp³-hybridized carbons (Fsp3) is 0.444. The fourth-order valence-electron chi connectivity index (χ4n) is 3.83. The molecule has 2 aliphatic rings. The Balaban J connectivity index is 1.43. The van der Waals surface area contributed by atoms with Gasteiger partial charge in [0, 0.05) is 29.2 Å². The maximum Gasteiger partial charge on any atom is 0.318 e. The first-order valence-electron chi connectivity index (χ1n) is 8.54. The van der Waals surface area contributed by atoms with Crippen LogP contribution in [0.25, 0.3) is 0 Å². The van der Waals surface area contributed by atoms with E-state index in [4.69, 9.17) is 0 Å². The van der Waals surface area contributed by atoms with Gasteiger partial charge in [-0.2, -0.15) is 5.10 Å². The zero-order valence-electron chi connectivity index (χ0n) is 13.5. The van der Waals surface area contributed by atoms with Crippen molar-refractivity contribution in [2.24, 2.45) is 0 Å². The summed E-state index contributed by atoms with van der Waals surface area (Å²) in [6, 6.07) is 8.75. The van der Waals surface area contributed by atoms with E-state index in [0.29, 0.717) is 0 Å². The Bertz CT molecular complexity index is 727. The monoisotopic (exact) mass is 388 g/mol. The van der Waals surface area contributed by atoms with Gasteiger partial charge >= 0.3 is 6.03 Å². The first-order chi connectivity index (χ1) is 11.7. The van der Waals surface area contributed by atoms with Crippen molar-refractivity contribution in [2.45, 2.75) is 44.2 Å². The number of carbonyl (C=O) groups excluding carboxylic acids is 1. The highest BCUT2D eigenvalue weighted by molar-refractivity contribution is 9.10. The third kappa shape index (κ3) is 3.07. The Morgan fingerprint density at radius 2 is 2.12 bits per heavy atom. The van der Waals surface area contributed by atoms with Crippen LogP contribution in [0.3, 0.4) is 0 Å². The van der Waals surface area contributed by atoms with Crippen LogP contribution in [0.15, 0.2) is 34.9 Å². The smallest absolute Gasteiger partial charge is 0.318 e. The molecular weight excluding hydrogens is 368 g/mol. The predicted molar refractivity (Wildman–Crippen MR) is 95.8 cm³/mol. The summed E-state index contributed by atoms with van der Waals surface area (Å²) in [6.45, 7) is 0.828. The number of halogens is 1. The van der Waals surface area contributed by atoms with Crippen molar-refractivity contribution in [1.82, 2.24) is 20.4 Å². The molecule has 1 aliphatic heterocycles. The van der Waals surface area contributed by atoms with E-state index < -0.39 is 0 Å². The topological polar surface area (TPSA) is 61.0 Å². The summed E-state index contributed by atoms with van der Waals surface area (Å²) < 4.78 is 1.07. The van der Waals surface area contributed by atoms with E-state index in [9.17, 15) is 4.79 Å². The van der Waals surface area contributed by atoms with Crippen LogP contribution >= 0.6 is 15.9 Å². The molecule has 0 spiro atoms. The van der Waals surface area contributed by atoms with E-state index in [0.717, 1.165) is 48.8 Å². The van der Waals surface area contributed by atoms with Crippen molar-refractivity contribution >= 4 is 22.0 Å². The molecule has 126 valence electrons. The number of hydrogen-bond acceptors (Lipinski definition) is 2. The molecule has 2 amide bonds. The third-order valence-electron chi connectivity index (χ3n) is 5.12. The van der Waals surface area contributed by atoms with Gasteiger partial charge in [0.25, 0.3) is 0 Å². The molecule has 2 unspecified atom stereocenters. The minimum Gasteiger partial charge on any atom is -0.335 e. The van der Waals surface area contributed by atoms with Crippen LogP contribution in [-0.2, 0) is 12.8 Å². The van der Waals surface area contributed by atoms with Crippen molar-refractivity contribution in [3.63, 3.8) is 0 Å². The second-order valence-electron chi connectivity index (χ2n) is 6.67. The fourth-order valence-corrected chi connectivity index (χ4v) is 4.09. The Morgan fingerprint density at radius 1 is 1.29 bits per heavy atom. The maximum absolute atomic E-state index is 12.8. The largest absolute Gasteiger partial charge is 0.335 e. The van der Waals surface area contributed by atoms with Crippen LogP contribution < -0.4 is 5.32 Å². The highest BCUT2D eigenvalue weighted by atomic mass is 79.9. The molecule has 2 atom stereocenters. The van der Waals surface area contributed by atoms with Gasteiger partial charge in [0.2, 0.25) is 0 Å². The van der Waals surface area contributed by atoms with Gasteiger partial charge in [0.1, 0.15) is 0 Å². The molecule has 0 saturated carbocycles. The third-order valence-corrected chi connectivity index (χ3v) is 5.64. The van der Waals surface area contributed by atoms with Gasteiger partial charge in [0.05, 0.1) is 12.2 Å². The van der Waals surface area contributed by atoms with Gasteiger partial charge in [-0.15, -0.1) is 0 Å². The highest BCUT2D eigenvalue weighted by Crippen LogP contribution is 2.32. The highest BCUT2D eigenvalue weighted by Gasteiger charge is 2.31. The van der Waals surface area contributed by atoms with Gasteiger partial charge in [-0.1, -0.05) is 28.1 Å². The maximum atomic E-state index is 12.8. The number of amides is 2. The van der Waals surface area contributed by atoms with E-state index in [1.165, 1.54) is 11.1 Å². The molecule has 1 fully saturated rings. The number of carbonyl (C=O) groups is 1. The van der Waals surface area contributed by atoms with Crippen LogP contribution in [-0.4, -0.2) is 33.7 Å². The number of nitrogens with zero attached hydrogens (tertiary/aromatic N) is 2. The lowest BCUT2D eigenvalue weighted by Gasteiger charge is -2.29. The number of aromatic amines is 1. The van der Waals surface area contributed by atoms with Gasteiger partial charge in [-0.3, -0.25) is 5.10 Å². The second kappa shape index (κ2) is 6.59. The summed E-state index contributed by atoms with van der Waals surface area (Å²) in [5, 5.41) is 10.4. The summed E-state index contributed by atoms with van der Waals surface area (Å²) in [4.78, 5) is 14.8. The molecule has 5 nitrogen and oxygen atoms in total. The number of likely N-dealkylation sites (tertiary alicyclic amines) is 1. The molecule has 1 aliphatic carbocycles. The molecule has 1 saturated heterocycles. The molecule has 2 heterocycles. The average Bonchev–Trinajstić information content (AvgIpc) is 3.24. The summed E-state index contributed by atoms with van der Waals surface area (Å²) >= 11 is 3.47. The lowest BCUT2D eigenvalue weighted by molar-refractivity contribution is 0.187. The quantitative estimate of drug-likeness (QED) is 0.825. The molecule has 0 radical (unpaired) electrons. The Labute approximate surface area is 149 Å². The number of rotatable bonds is 2. The van der Waals surface area contributed by atoms with Crippen molar-refractivity contribution in [1.29, 1.82) is 0 Å². The number of benzene rings is 1. The van der Waals surface area contributed by atoms with Crippen LogP contribution in [0.5, 0.6) is 0 Å². The zero-order chi connectivity index (χ0) is 16.5. The molecule has 1 aromatic carbocycles. The summed E-state index contributed by atoms with van der Waals surface area (Å²) in [5.41, 5.74) is 3.66. The summed E-state index contributed by atoms with van der Waals surface area (Å²) in [6.07, 6.45) is 6.80. The number of aromatic nitrogens is 2. The summed E-state index contributed by atoms with van der Waals surface area (Å²) in [5.74, 6) is 0. The van der Waals surface area contributed by atoms with Gasteiger partial charge in [-0.05, 0) is 48.9 Å². The van der Waals surface area contributed by atoms with E-state index in [2.05, 4.69) is 43.6 Å². The van der Waals surface area contributed by atoms with Crippen molar-refractivity contribution in [3.8, 4) is 0 Å². The van der Waals surface area contributed by atoms with Crippen LogP contribution in [0.2, 0.25) is 0 Å². The molecular formula is C18H21BrN4O. The first-order valence-corrected chi connectivity index (χ1v) is 9.34. The molecule has 2 aromatic rings. The van der Waals surface area contributed by atoms with Crippen molar-refractivity contribution in [3.05, 3.63) is 51.8 Å². The number of hydrogen-bond donors (Lipinski definition) is 2. The van der Waals surface area contributed by atoms with Gasteiger partial charge < -0.3 is 10.2 Å². The number of urea groups is 1. The van der Waals surface area contributed by atoms with Crippen LogP contribution in [0, 0.1) is 0 Å². The van der Waals surface area contributed by atoms with E-state index >= 15 is 0 Å². The van der Waals surface area contributed by atoms with E-state index in [1.54, 1.807) is 0 Å². The molecule has 0 bridgehead atoms. The van der Waals surface area contributed by atoms with E-state index in [1.807, 2.05) is 23.2 Å². The predicted octanol–water partition coefficient (Wildman–Crippen LogP) is 3.58. The second-order valence-corrected chi connectivity index (χ2v) is 7.58. The Morgan fingerprint density at radius 3 is 2.96 bits per heavy atom.